The minimum atomic E-state index is -4.75. The van der Waals surface area contributed by atoms with Crippen LogP contribution in [0, 0.1) is 0 Å². The van der Waals surface area contributed by atoms with E-state index in [2.05, 4.69) is 10.2 Å². The zero-order valence-corrected chi connectivity index (χ0v) is 21.1. The number of piperidine rings is 1. The Morgan fingerprint density at radius 1 is 1.10 bits per heavy atom. The average molecular weight is 548 g/mol. The number of benzene rings is 2. The monoisotopic (exact) mass is 547 g/mol. The summed E-state index contributed by atoms with van der Waals surface area (Å²) >= 11 is 0. The molecule has 0 radical (unpaired) electrons. The molecular weight excluding hydrogens is 521 g/mol. The number of alkyl halides is 5. The number of amides is 1. The number of halogens is 5. The molecule has 6 rings (SSSR count). The smallest absolute Gasteiger partial charge is 0.379 e. The largest absolute Gasteiger partial charge is 0.416 e. The van der Waals surface area contributed by atoms with Crippen LogP contribution in [0.2, 0.25) is 0 Å². The maximum atomic E-state index is 14.2. The lowest BCUT2D eigenvalue weighted by molar-refractivity contribution is -0.138. The van der Waals surface area contributed by atoms with Crippen LogP contribution in [0.15, 0.2) is 42.7 Å². The van der Waals surface area contributed by atoms with E-state index in [1.165, 1.54) is 15.9 Å². The number of ether oxygens (including phenoxy) is 1. The summed E-state index contributed by atoms with van der Waals surface area (Å²) in [7, 11) is 1.84. The Labute approximate surface area is 221 Å². The molecule has 206 valence electrons. The Hall–Kier alpha value is -3.54. The summed E-state index contributed by atoms with van der Waals surface area (Å²) in [6.45, 7) is 0.106. The van der Waals surface area contributed by atoms with E-state index in [1.54, 1.807) is 18.5 Å². The van der Waals surface area contributed by atoms with Gasteiger partial charge in [0.2, 0.25) is 0 Å². The number of rotatable bonds is 5. The fourth-order valence-corrected chi connectivity index (χ4v) is 5.72. The van der Waals surface area contributed by atoms with Crippen molar-refractivity contribution in [3.63, 3.8) is 0 Å². The van der Waals surface area contributed by atoms with Crippen molar-refractivity contribution in [3.8, 4) is 0 Å². The molecule has 12 heteroatoms. The second-order valence-electron chi connectivity index (χ2n) is 10.6. The fraction of sp³-hybridized carbons (Fsp3) is 0.444. The van der Waals surface area contributed by atoms with Crippen molar-refractivity contribution < 1.29 is 31.5 Å². The lowest BCUT2D eigenvalue weighted by Gasteiger charge is -2.42. The van der Waals surface area contributed by atoms with Crippen molar-refractivity contribution in [2.75, 3.05) is 36.1 Å². The normalized spacial score (nSPS) is 20.2. The predicted molar refractivity (Wildman–Crippen MR) is 132 cm³/mol. The first-order valence-electron chi connectivity index (χ1n) is 12.7. The van der Waals surface area contributed by atoms with Crippen LogP contribution in [-0.2, 0) is 36.3 Å². The Balaban J connectivity index is 1.34. The van der Waals surface area contributed by atoms with E-state index in [-0.39, 0.29) is 42.7 Å². The van der Waals surface area contributed by atoms with E-state index in [0.717, 1.165) is 17.5 Å². The highest BCUT2D eigenvalue weighted by Gasteiger charge is 2.44. The molecule has 3 aliphatic rings. The van der Waals surface area contributed by atoms with E-state index in [0.29, 0.717) is 25.3 Å². The summed E-state index contributed by atoms with van der Waals surface area (Å²) < 4.78 is 78.0. The minimum Gasteiger partial charge on any atom is -0.379 e. The molecule has 1 aromatic heterocycles. The molecule has 0 unspecified atom stereocenters. The van der Waals surface area contributed by atoms with Gasteiger partial charge in [0, 0.05) is 48.8 Å². The first-order valence-corrected chi connectivity index (χ1v) is 12.7. The molecule has 0 bridgehead atoms. The van der Waals surface area contributed by atoms with Crippen LogP contribution in [-0.4, -0.2) is 52.9 Å². The van der Waals surface area contributed by atoms with Crippen molar-refractivity contribution in [2.24, 2.45) is 7.05 Å². The summed E-state index contributed by atoms with van der Waals surface area (Å²) in [6, 6.07) is 9.39. The molecule has 3 aliphatic heterocycles. The van der Waals surface area contributed by atoms with E-state index in [4.69, 9.17) is 4.74 Å². The van der Waals surface area contributed by atoms with E-state index in [1.807, 2.05) is 23.7 Å². The molecule has 2 aromatic carbocycles. The molecule has 0 spiro atoms. The van der Waals surface area contributed by atoms with Crippen molar-refractivity contribution >= 4 is 17.3 Å². The Kier molecular flexibility index (Phi) is 5.94. The number of hydrogen-bond donors (Lipinski definition) is 0. The van der Waals surface area contributed by atoms with Gasteiger partial charge in [-0.3, -0.25) is 4.79 Å². The fourth-order valence-electron chi connectivity index (χ4n) is 5.72. The van der Waals surface area contributed by atoms with E-state index >= 15 is 0 Å². The van der Waals surface area contributed by atoms with Gasteiger partial charge in [0.25, 0.3) is 11.8 Å². The predicted octanol–water partition coefficient (Wildman–Crippen LogP) is 4.74. The topological polar surface area (TPSA) is 63.5 Å². The summed E-state index contributed by atoms with van der Waals surface area (Å²) in [5.74, 6) is -2.83. The van der Waals surface area contributed by atoms with Gasteiger partial charge in [-0.1, -0.05) is 12.1 Å². The maximum Gasteiger partial charge on any atom is 0.416 e. The van der Waals surface area contributed by atoms with Crippen molar-refractivity contribution in [3.05, 3.63) is 70.8 Å². The quantitative estimate of drug-likeness (QED) is 0.432. The molecule has 39 heavy (non-hydrogen) atoms. The minimum absolute atomic E-state index is 0.0151. The highest BCUT2D eigenvalue weighted by atomic mass is 19.4. The lowest BCUT2D eigenvalue weighted by Crippen LogP contribution is -2.49. The van der Waals surface area contributed by atoms with Crippen LogP contribution in [0.4, 0.5) is 33.3 Å². The second kappa shape index (κ2) is 9.00. The third-order valence-corrected chi connectivity index (χ3v) is 7.92. The number of hydrogen-bond acceptors (Lipinski definition) is 5. The SMILES string of the molecule is Cn1cnnc1CC1(c2cccc(N3Cc4c(cc(N5CCCC(F)(F)C5)cc4C(F)(F)F)C3=O)c2)COC1. The number of aromatic nitrogens is 3. The molecule has 7 nitrogen and oxygen atoms in total. The van der Waals surface area contributed by atoms with E-state index in [9.17, 15) is 26.7 Å². The molecule has 2 fully saturated rings. The highest BCUT2D eigenvalue weighted by molar-refractivity contribution is 6.11. The Bertz CT molecular complexity index is 1430. The highest BCUT2D eigenvalue weighted by Crippen LogP contribution is 2.43. The van der Waals surface area contributed by atoms with Crippen LogP contribution in [0.5, 0.6) is 0 Å². The van der Waals surface area contributed by atoms with Crippen LogP contribution in [0.3, 0.4) is 0 Å². The van der Waals surface area contributed by atoms with Crippen LogP contribution in [0.25, 0.3) is 0 Å². The van der Waals surface area contributed by atoms with Gasteiger partial charge in [-0.2, -0.15) is 13.2 Å². The molecule has 2 saturated heterocycles. The van der Waals surface area contributed by atoms with Crippen LogP contribution in [0.1, 0.15) is 45.7 Å². The standard InChI is InChI=1S/C27H26F5N5O2/c1-35-16-33-34-23(35)11-25(14-39-15-25)17-4-2-5-18(8-17)37-12-21-20(24(37)38)9-19(10-22(21)27(30,31)32)36-7-3-6-26(28,29)13-36/h2,4-5,8-10,16H,3,6-7,11-15H2,1H3. The summed E-state index contributed by atoms with van der Waals surface area (Å²) in [5.41, 5.74) is -0.315. The number of aryl methyl sites for hydroxylation is 1. The van der Waals surface area contributed by atoms with Crippen LogP contribution >= 0.6 is 0 Å². The van der Waals surface area contributed by atoms with Gasteiger partial charge in [-0.15, -0.1) is 10.2 Å². The van der Waals surface area contributed by atoms with Gasteiger partial charge < -0.3 is 19.1 Å². The van der Waals surface area contributed by atoms with Crippen molar-refractivity contribution in [1.29, 1.82) is 0 Å². The lowest BCUT2D eigenvalue weighted by atomic mass is 9.75. The number of fused-ring (bicyclic) bond motifs is 1. The molecule has 0 saturated carbocycles. The van der Waals surface area contributed by atoms with E-state index < -0.39 is 35.5 Å². The third-order valence-electron chi connectivity index (χ3n) is 7.92. The average Bonchev–Trinajstić information content (AvgIpc) is 3.42. The molecule has 4 heterocycles. The third kappa shape index (κ3) is 4.54. The number of carbonyl (C=O) groups is 1. The number of anilines is 2. The van der Waals surface area contributed by atoms with Crippen molar-refractivity contribution in [2.45, 2.75) is 43.3 Å². The second-order valence-corrected chi connectivity index (χ2v) is 10.6. The van der Waals surface area contributed by atoms with Gasteiger partial charge in [-0.05, 0) is 41.8 Å². The molecule has 0 N–H and O–H groups in total. The number of nitrogens with zero attached hydrogens (tertiary/aromatic N) is 5. The first-order chi connectivity index (χ1) is 18.5. The number of carbonyl (C=O) groups excluding carboxylic acids is 1. The Morgan fingerprint density at radius 2 is 1.90 bits per heavy atom. The first kappa shape index (κ1) is 25.7. The molecule has 1 amide bonds. The molecule has 3 aromatic rings. The molecular formula is C27H26F5N5O2. The zero-order chi connectivity index (χ0) is 27.6. The summed E-state index contributed by atoms with van der Waals surface area (Å²) in [4.78, 5) is 16.1. The zero-order valence-electron chi connectivity index (χ0n) is 21.1. The Morgan fingerprint density at radius 3 is 2.54 bits per heavy atom. The molecule has 0 atom stereocenters. The van der Waals surface area contributed by atoms with Gasteiger partial charge in [-0.25, -0.2) is 8.78 Å². The van der Waals surface area contributed by atoms with Crippen LogP contribution < -0.4 is 9.80 Å². The maximum absolute atomic E-state index is 14.2. The summed E-state index contributed by atoms with van der Waals surface area (Å²) in [6.07, 6.45) is -2.76. The summed E-state index contributed by atoms with van der Waals surface area (Å²) in [5, 5.41) is 8.10. The van der Waals surface area contributed by atoms with Crippen molar-refractivity contribution in [1.82, 2.24) is 14.8 Å². The van der Waals surface area contributed by atoms with Gasteiger partial charge in [0.1, 0.15) is 12.2 Å². The van der Waals surface area contributed by atoms with Gasteiger partial charge in [0.15, 0.2) is 0 Å². The van der Waals surface area contributed by atoms with Gasteiger partial charge in [0.05, 0.1) is 31.9 Å². The van der Waals surface area contributed by atoms with Gasteiger partial charge >= 0.3 is 6.18 Å². The molecule has 0 aliphatic carbocycles.